The Bertz CT molecular complexity index is 688. The minimum atomic E-state index is -3.56. The van der Waals surface area contributed by atoms with Gasteiger partial charge in [0.05, 0.1) is 0 Å². The Hall–Kier alpha value is -1.37. The van der Waals surface area contributed by atoms with E-state index in [1.807, 2.05) is 12.1 Å². The molecule has 2 N–H and O–H groups in total. The van der Waals surface area contributed by atoms with Crippen molar-refractivity contribution >= 4 is 27.0 Å². The molecule has 0 atom stereocenters. The monoisotopic (exact) mass is 325 g/mol. The third-order valence-corrected chi connectivity index (χ3v) is 6.11. The van der Waals surface area contributed by atoms with Crippen LogP contribution >= 0.6 is 11.3 Å². The van der Waals surface area contributed by atoms with Crippen molar-refractivity contribution in [2.45, 2.75) is 30.4 Å². The number of hydrogen-bond donors (Lipinski definition) is 2. The summed E-state index contributed by atoms with van der Waals surface area (Å²) in [4.78, 5) is 0.855. The molecule has 0 radical (unpaired) electrons. The molecular weight excluding hydrogens is 306 g/mol. The molecule has 1 heterocycles. The second-order valence-electron chi connectivity index (χ2n) is 5.08. The molecule has 2 rings (SSSR count). The first kappa shape index (κ1) is 16.0. The van der Waals surface area contributed by atoms with Crippen LogP contribution in [-0.4, -0.2) is 20.1 Å². The SMILES string of the molecule is CC(C)c1ccc(NS(=O)(=O)c2ccc(CCO)s2)cc1. The smallest absolute Gasteiger partial charge is 0.271 e. The van der Waals surface area contributed by atoms with Crippen LogP contribution < -0.4 is 4.72 Å². The highest BCUT2D eigenvalue weighted by Crippen LogP contribution is 2.25. The van der Waals surface area contributed by atoms with Crippen molar-refractivity contribution in [3.05, 3.63) is 46.8 Å². The van der Waals surface area contributed by atoms with Crippen molar-refractivity contribution in [3.63, 3.8) is 0 Å². The quantitative estimate of drug-likeness (QED) is 0.857. The molecule has 0 aliphatic rings. The highest BCUT2D eigenvalue weighted by atomic mass is 32.2. The molecule has 4 nitrogen and oxygen atoms in total. The number of thiophene rings is 1. The van der Waals surface area contributed by atoms with Crippen LogP contribution in [0.3, 0.4) is 0 Å². The van der Waals surface area contributed by atoms with Crippen molar-refractivity contribution in [1.29, 1.82) is 0 Å². The first-order chi connectivity index (χ1) is 9.92. The van der Waals surface area contributed by atoms with E-state index < -0.39 is 10.0 Å². The second kappa shape index (κ2) is 6.60. The topological polar surface area (TPSA) is 66.4 Å². The highest BCUT2D eigenvalue weighted by molar-refractivity contribution is 7.94. The summed E-state index contributed by atoms with van der Waals surface area (Å²) in [5.74, 6) is 0.411. The standard InChI is InChI=1S/C15H19NO3S2/c1-11(2)12-3-5-13(6-4-12)16-21(18,19)15-8-7-14(20-15)9-10-17/h3-8,11,16-17H,9-10H2,1-2H3. The van der Waals surface area contributed by atoms with Gasteiger partial charge in [-0.1, -0.05) is 26.0 Å². The van der Waals surface area contributed by atoms with Gasteiger partial charge in [0.2, 0.25) is 0 Å². The van der Waals surface area contributed by atoms with Crippen LogP contribution in [0.2, 0.25) is 0 Å². The number of nitrogens with one attached hydrogen (secondary N) is 1. The lowest BCUT2D eigenvalue weighted by atomic mass is 10.0. The van der Waals surface area contributed by atoms with Gasteiger partial charge in [-0.15, -0.1) is 11.3 Å². The van der Waals surface area contributed by atoms with Crippen molar-refractivity contribution in [2.24, 2.45) is 0 Å². The lowest BCUT2D eigenvalue weighted by Gasteiger charge is -2.09. The lowest BCUT2D eigenvalue weighted by molar-refractivity contribution is 0.300. The number of aliphatic hydroxyl groups excluding tert-OH is 1. The van der Waals surface area contributed by atoms with Gasteiger partial charge in [-0.2, -0.15) is 0 Å². The molecule has 0 amide bonds. The van der Waals surface area contributed by atoms with E-state index in [4.69, 9.17) is 5.11 Å². The summed E-state index contributed by atoms with van der Waals surface area (Å²) < 4.78 is 27.4. The molecule has 114 valence electrons. The average Bonchev–Trinajstić information content (AvgIpc) is 2.89. The van der Waals surface area contributed by atoms with E-state index in [-0.39, 0.29) is 10.8 Å². The predicted octanol–water partition coefficient (Wildman–Crippen LogP) is 3.21. The molecule has 6 heteroatoms. The number of aliphatic hydroxyl groups is 1. The maximum atomic E-state index is 12.3. The molecule has 1 aromatic carbocycles. The second-order valence-corrected chi connectivity index (χ2v) is 8.15. The van der Waals surface area contributed by atoms with E-state index in [1.165, 1.54) is 16.9 Å². The maximum Gasteiger partial charge on any atom is 0.271 e. The van der Waals surface area contributed by atoms with Gasteiger partial charge in [-0.3, -0.25) is 4.72 Å². The van der Waals surface area contributed by atoms with E-state index in [0.717, 1.165) is 4.88 Å². The fourth-order valence-electron chi connectivity index (χ4n) is 1.89. The van der Waals surface area contributed by atoms with Crippen molar-refractivity contribution in [3.8, 4) is 0 Å². The van der Waals surface area contributed by atoms with Crippen LogP contribution in [0.1, 0.15) is 30.2 Å². The zero-order valence-electron chi connectivity index (χ0n) is 12.0. The molecule has 0 spiro atoms. The summed E-state index contributed by atoms with van der Waals surface area (Å²) in [5, 5.41) is 8.88. The molecule has 0 unspecified atom stereocenters. The molecule has 0 saturated heterocycles. The van der Waals surface area contributed by atoms with Gasteiger partial charge in [0.1, 0.15) is 4.21 Å². The van der Waals surface area contributed by atoms with Crippen LogP contribution in [0.25, 0.3) is 0 Å². The molecule has 0 bridgehead atoms. The zero-order valence-corrected chi connectivity index (χ0v) is 13.7. The van der Waals surface area contributed by atoms with Crippen molar-refractivity contribution < 1.29 is 13.5 Å². The first-order valence-corrected chi connectivity index (χ1v) is 9.04. The lowest BCUT2D eigenvalue weighted by Crippen LogP contribution is -2.11. The average molecular weight is 325 g/mol. The van der Waals surface area contributed by atoms with E-state index in [0.29, 0.717) is 18.0 Å². The number of hydrogen-bond acceptors (Lipinski definition) is 4. The number of anilines is 1. The highest BCUT2D eigenvalue weighted by Gasteiger charge is 2.17. The van der Waals surface area contributed by atoms with E-state index >= 15 is 0 Å². The van der Waals surface area contributed by atoms with Gasteiger partial charge in [-0.25, -0.2) is 8.42 Å². The Morgan fingerprint density at radius 3 is 2.38 bits per heavy atom. The maximum absolute atomic E-state index is 12.3. The summed E-state index contributed by atoms with van der Waals surface area (Å²) in [6, 6.07) is 10.7. The summed E-state index contributed by atoms with van der Waals surface area (Å²) >= 11 is 1.18. The van der Waals surface area contributed by atoms with Crippen LogP contribution in [0, 0.1) is 0 Å². The Labute approximate surface area is 129 Å². The Morgan fingerprint density at radius 1 is 1.14 bits per heavy atom. The van der Waals surface area contributed by atoms with Gasteiger partial charge in [-0.05, 0) is 35.7 Å². The van der Waals surface area contributed by atoms with E-state index in [2.05, 4.69) is 18.6 Å². The van der Waals surface area contributed by atoms with Gasteiger partial charge in [0.15, 0.2) is 0 Å². The third-order valence-electron chi connectivity index (χ3n) is 3.09. The molecule has 0 aliphatic carbocycles. The van der Waals surface area contributed by atoms with Gasteiger partial charge in [0, 0.05) is 23.6 Å². The van der Waals surface area contributed by atoms with Crippen molar-refractivity contribution in [2.75, 3.05) is 11.3 Å². The molecular formula is C15H19NO3S2. The van der Waals surface area contributed by atoms with Crippen LogP contribution in [-0.2, 0) is 16.4 Å². The Morgan fingerprint density at radius 2 is 1.81 bits per heavy atom. The predicted molar refractivity (Wildman–Crippen MR) is 86.4 cm³/mol. The third kappa shape index (κ3) is 4.06. The molecule has 2 aromatic rings. The molecule has 0 saturated carbocycles. The van der Waals surface area contributed by atoms with Gasteiger partial charge < -0.3 is 5.11 Å². The first-order valence-electron chi connectivity index (χ1n) is 6.75. The van der Waals surface area contributed by atoms with E-state index in [1.54, 1.807) is 24.3 Å². The summed E-state index contributed by atoms with van der Waals surface area (Å²) in [5.41, 5.74) is 1.72. The molecule has 21 heavy (non-hydrogen) atoms. The molecule has 0 fully saturated rings. The number of rotatable bonds is 6. The Kier molecular flexibility index (Phi) is 5.03. The number of sulfonamides is 1. The van der Waals surface area contributed by atoms with Gasteiger partial charge >= 0.3 is 0 Å². The van der Waals surface area contributed by atoms with Crippen LogP contribution in [0.5, 0.6) is 0 Å². The largest absolute Gasteiger partial charge is 0.396 e. The molecule has 0 aliphatic heterocycles. The van der Waals surface area contributed by atoms with Gasteiger partial charge in [0.25, 0.3) is 10.0 Å². The summed E-state index contributed by atoms with van der Waals surface area (Å²) in [6.45, 7) is 4.20. The minimum absolute atomic E-state index is 0.0180. The molecule has 1 aromatic heterocycles. The minimum Gasteiger partial charge on any atom is -0.396 e. The fourth-order valence-corrected chi connectivity index (χ4v) is 4.29. The van der Waals surface area contributed by atoms with E-state index in [9.17, 15) is 8.42 Å². The van der Waals surface area contributed by atoms with Crippen molar-refractivity contribution in [1.82, 2.24) is 0 Å². The fraction of sp³-hybridized carbons (Fsp3) is 0.333. The summed E-state index contributed by atoms with van der Waals surface area (Å²) in [7, 11) is -3.56. The summed E-state index contributed by atoms with van der Waals surface area (Å²) in [6.07, 6.45) is 0.475. The zero-order chi connectivity index (χ0) is 15.5. The number of benzene rings is 1. The van der Waals surface area contributed by atoms with Crippen LogP contribution in [0.15, 0.2) is 40.6 Å². The normalized spacial score (nSPS) is 11.8. The Balaban J connectivity index is 2.16. The van der Waals surface area contributed by atoms with Crippen LogP contribution in [0.4, 0.5) is 5.69 Å².